The molecule has 2 heterocycles. The van der Waals surface area contributed by atoms with Gasteiger partial charge in [-0.2, -0.15) is 0 Å². The minimum absolute atomic E-state index is 0. The van der Waals surface area contributed by atoms with Crippen LogP contribution in [0.4, 0.5) is 0 Å². The molecule has 1 aromatic carbocycles. The molecular weight excluding hydrogens is 463 g/mol. The number of nitrogens with zero attached hydrogens (tertiary/aromatic N) is 5. The Kier molecular flexibility index (Phi) is 10.3. The zero-order valence-corrected chi connectivity index (χ0v) is 19.2. The van der Waals surface area contributed by atoms with Crippen molar-refractivity contribution in [2.24, 2.45) is 10.9 Å². The standard InChI is InChI=1S/C21H32N6.HI/c1-2-22-21(23-12-6-7-13-26-17-24-25-18-26)27-14-10-20(11-15-27)16-19-8-4-3-5-9-19;/h3-5,8-9,17-18,20H,2,6-7,10-16H2,1H3,(H,22,23);1H. The molecule has 2 aromatic rings. The van der Waals surface area contributed by atoms with Gasteiger partial charge in [-0.25, -0.2) is 0 Å². The summed E-state index contributed by atoms with van der Waals surface area (Å²) in [6.07, 6.45) is 9.41. The number of rotatable bonds is 8. The molecule has 1 aliphatic heterocycles. The molecule has 0 bridgehead atoms. The summed E-state index contributed by atoms with van der Waals surface area (Å²) in [4.78, 5) is 7.29. The second-order valence-electron chi connectivity index (χ2n) is 7.26. The van der Waals surface area contributed by atoms with Crippen LogP contribution in [0, 0.1) is 5.92 Å². The third-order valence-corrected chi connectivity index (χ3v) is 5.17. The van der Waals surface area contributed by atoms with E-state index in [0.29, 0.717) is 0 Å². The van der Waals surface area contributed by atoms with Crippen molar-refractivity contribution >= 4 is 29.9 Å². The van der Waals surface area contributed by atoms with E-state index in [9.17, 15) is 0 Å². The Bertz CT molecular complexity index is 665. The number of guanidine groups is 1. The van der Waals surface area contributed by atoms with Crippen LogP contribution in [-0.4, -0.2) is 51.8 Å². The minimum atomic E-state index is 0. The van der Waals surface area contributed by atoms with Gasteiger partial charge in [0.25, 0.3) is 0 Å². The van der Waals surface area contributed by atoms with Crippen LogP contribution in [-0.2, 0) is 13.0 Å². The molecule has 1 N–H and O–H groups in total. The number of unbranched alkanes of at least 4 members (excludes halogenated alkanes) is 1. The molecule has 154 valence electrons. The third kappa shape index (κ3) is 7.41. The van der Waals surface area contributed by atoms with E-state index in [1.807, 2.05) is 4.57 Å². The molecule has 0 spiro atoms. The van der Waals surface area contributed by atoms with Crippen LogP contribution in [0.15, 0.2) is 48.0 Å². The number of nitrogens with one attached hydrogen (secondary N) is 1. The SMILES string of the molecule is CCNC(=NCCCCn1cnnc1)N1CCC(Cc2ccccc2)CC1.I. The lowest BCUT2D eigenvalue weighted by Gasteiger charge is -2.34. The fourth-order valence-electron chi connectivity index (χ4n) is 3.65. The van der Waals surface area contributed by atoms with E-state index in [4.69, 9.17) is 4.99 Å². The van der Waals surface area contributed by atoms with E-state index >= 15 is 0 Å². The highest BCUT2D eigenvalue weighted by Gasteiger charge is 2.21. The lowest BCUT2D eigenvalue weighted by atomic mass is 9.90. The lowest BCUT2D eigenvalue weighted by molar-refractivity contribution is 0.259. The maximum Gasteiger partial charge on any atom is 0.193 e. The summed E-state index contributed by atoms with van der Waals surface area (Å²) in [5.41, 5.74) is 1.46. The van der Waals surface area contributed by atoms with Crippen molar-refractivity contribution < 1.29 is 0 Å². The Morgan fingerprint density at radius 2 is 1.82 bits per heavy atom. The van der Waals surface area contributed by atoms with Crippen LogP contribution < -0.4 is 5.32 Å². The molecule has 1 saturated heterocycles. The molecule has 0 aliphatic carbocycles. The highest BCUT2D eigenvalue weighted by atomic mass is 127. The summed E-state index contributed by atoms with van der Waals surface area (Å²) in [6.45, 7) is 7.10. The number of aliphatic imine (C=N–C) groups is 1. The first kappa shape index (κ1) is 22.6. The average molecular weight is 496 g/mol. The van der Waals surface area contributed by atoms with Crippen LogP contribution in [0.2, 0.25) is 0 Å². The Morgan fingerprint density at radius 1 is 1.11 bits per heavy atom. The molecule has 6 nitrogen and oxygen atoms in total. The quantitative estimate of drug-likeness (QED) is 0.263. The zero-order valence-electron chi connectivity index (χ0n) is 16.8. The molecule has 0 radical (unpaired) electrons. The first-order valence-corrected chi connectivity index (χ1v) is 10.2. The van der Waals surface area contributed by atoms with Gasteiger partial charge in [0, 0.05) is 32.7 Å². The first-order chi connectivity index (χ1) is 13.3. The van der Waals surface area contributed by atoms with Gasteiger partial charge in [-0.1, -0.05) is 30.3 Å². The van der Waals surface area contributed by atoms with Crippen molar-refractivity contribution in [2.75, 3.05) is 26.2 Å². The van der Waals surface area contributed by atoms with Gasteiger partial charge in [0.2, 0.25) is 0 Å². The van der Waals surface area contributed by atoms with E-state index in [-0.39, 0.29) is 24.0 Å². The second kappa shape index (κ2) is 12.7. The summed E-state index contributed by atoms with van der Waals surface area (Å²) < 4.78 is 2.02. The third-order valence-electron chi connectivity index (χ3n) is 5.17. The van der Waals surface area contributed by atoms with Crippen molar-refractivity contribution in [1.82, 2.24) is 25.0 Å². The maximum atomic E-state index is 4.86. The summed E-state index contributed by atoms with van der Waals surface area (Å²) in [5.74, 6) is 1.87. The van der Waals surface area contributed by atoms with Crippen molar-refractivity contribution in [3.05, 3.63) is 48.5 Å². The normalized spacial score (nSPS) is 15.3. The molecule has 1 fully saturated rings. The number of aromatic nitrogens is 3. The van der Waals surface area contributed by atoms with Crippen LogP contribution in [0.5, 0.6) is 0 Å². The number of benzene rings is 1. The predicted octanol–water partition coefficient (Wildman–Crippen LogP) is 3.60. The monoisotopic (exact) mass is 496 g/mol. The van der Waals surface area contributed by atoms with Crippen LogP contribution in [0.25, 0.3) is 0 Å². The van der Waals surface area contributed by atoms with Gasteiger partial charge in [-0.3, -0.25) is 4.99 Å². The number of likely N-dealkylation sites (tertiary alicyclic amines) is 1. The van der Waals surface area contributed by atoms with Crippen molar-refractivity contribution in [2.45, 2.75) is 45.6 Å². The Morgan fingerprint density at radius 3 is 2.50 bits per heavy atom. The molecule has 0 amide bonds. The Balaban J connectivity index is 0.00000280. The van der Waals surface area contributed by atoms with E-state index in [2.05, 4.69) is 57.7 Å². The summed E-state index contributed by atoms with van der Waals surface area (Å²) in [5, 5.41) is 11.1. The first-order valence-electron chi connectivity index (χ1n) is 10.2. The van der Waals surface area contributed by atoms with E-state index in [1.54, 1.807) is 12.7 Å². The number of piperidine rings is 1. The van der Waals surface area contributed by atoms with Crippen molar-refractivity contribution in [3.8, 4) is 0 Å². The number of hydrogen-bond donors (Lipinski definition) is 1. The highest BCUT2D eigenvalue weighted by molar-refractivity contribution is 14.0. The van der Waals surface area contributed by atoms with Crippen molar-refractivity contribution in [3.63, 3.8) is 0 Å². The fraction of sp³-hybridized carbons (Fsp3) is 0.571. The summed E-state index contributed by atoms with van der Waals surface area (Å²) >= 11 is 0. The fourth-order valence-corrected chi connectivity index (χ4v) is 3.65. The van der Waals surface area contributed by atoms with Gasteiger partial charge in [-0.05, 0) is 50.5 Å². The Labute approximate surface area is 185 Å². The molecule has 28 heavy (non-hydrogen) atoms. The predicted molar refractivity (Wildman–Crippen MR) is 125 cm³/mol. The topological polar surface area (TPSA) is 58.3 Å². The van der Waals surface area contributed by atoms with E-state index in [0.717, 1.165) is 57.4 Å². The van der Waals surface area contributed by atoms with Gasteiger partial charge in [0.15, 0.2) is 5.96 Å². The van der Waals surface area contributed by atoms with E-state index in [1.165, 1.54) is 24.8 Å². The molecule has 0 atom stereocenters. The molecular formula is C21H33IN6. The largest absolute Gasteiger partial charge is 0.357 e. The zero-order chi connectivity index (χ0) is 18.7. The summed E-state index contributed by atoms with van der Waals surface area (Å²) in [6, 6.07) is 10.9. The maximum absolute atomic E-state index is 4.86. The lowest BCUT2D eigenvalue weighted by Crippen LogP contribution is -2.46. The molecule has 3 rings (SSSR count). The van der Waals surface area contributed by atoms with E-state index < -0.39 is 0 Å². The van der Waals surface area contributed by atoms with Gasteiger partial charge in [-0.15, -0.1) is 34.2 Å². The molecule has 7 heteroatoms. The molecule has 0 saturated carbocycles. The van der Waals surface area contributed by atoms with Gasteiger partial charge < -0.3 is 14.8 Å². The van der Waals surface area contributed by atoms with Crippen LogP contribution >= 0.6 is 24.0 Å². The molecule has 0 unspecified atom stereocenters. The van der Waals surface area contributed by atoms with Crippen molar-refractivity contribution in [1.29, 1.82) is 0 Å². The molecule has 1 aromatic heterocycles. The summed E-state index contributed by atoms with van der Waals surface area (Å²) in [7, 11) is 0. The van der Waals surface area contributed by atoms with Gasteiger partial charge in [0.05, 0.1) is 0 Å². The number of aryl methyl sites for hydroxylation is 1. The van der Waals surface area contributed by atoms with Crippen LogP contribution in [0.1, 0.15) is 38.2 Å². The average Bonchev–Trinajstić information content (AvgIpc) is 3.22. The second-order valence-corrected chi connectivity index (χ2v) is 7.26. The number of hydrogen-bond acceptors (Lipinski definition) is 3. The van der Waals surface area contributed by atoms with Gasteiger partial charge in [0.1, 0.15) is 12.7 Å². The number of halogens is 1. The molecule has 1 aliphatic rings. The highest BCUT2D eigenvalue weighted by Crippen LogP contribution is 2.21. The smallest absolute Gasteiger partial charge is 0.193 e. The van der Waals surface area contributed by atoms with Gasteiger partial charge >= 0.3 is 0 Å². The minimum Gasteiger partial charge on any atom is -0.357 e. The Hall–Kier alpha value is -1.64. The van der Waals surface area contributed by atoms with Crippen LogP contribution in [0.3, 0.4) is 0 Å².